The van der Waals surface area contributed by atoms with Gasteiger partial charge in [-0.15, -0.1) is 10.2 Å². The predicted octanol–water partition coefficient (Wildman–Crippen LogP) is 2.73. The summed E-state index contributed by atoms with van der Waals surface area (Å²) in [6.07, 6.45) is 0. The van der Waals surface area contributed by atoms with Crippen LogP contribution in [-0.2, 0) is 14.8 Å². The number of rotatable bonds is 10. The van der Waals surface area contributed by atoms with Crippen molar-refractivity contribution in [1.29, 1.82) is 0 Å². The third kappa shape index (κ3) is 5.89. The van der Waals surface area contributed by atoms with Gasteiger partial charge in [0.2, 0.25) is 21.1 Å². The van der Waals surface area contributed by atoms with Gasteiger partial charge in [-0.1, -0.05) is 36.9 Å². The molecule has 148 valence electrons. The topological polar surface area (TPSA) is 104 Å². The van der Waals surface area contributed by atoms with Gasteiger partial charge in [-0.05, 0) is 31.2 Å². The molecule has 0 saturated heterocycles. The fraction of sp³-hybridized carbons (Fsp3) is 0.438. The minimum atomic E-state index is -3.50. The molecule has 2 aromatic rings. The van der Waals surface area contributed by atoms with Gasteiger partial charge in [0.05, 0.1) is 10.6 Å². The standard InChI is InChI=1S/C16H23N5O3S3/c1-4-17-15-19-20-16(26-15)25-11-14(22)18-12-7-9-13(10-8-12)27(23,24)21(5-2)6-3/h7-10H,4-6,11H2,1-3H3,(H,17,19)(H,18,22). The Morgan fingerprint density at radius 2 is 1.81 bits per heavy atom. The quantitative estimate of drug-likeness (QED) is 0.560. The van der Waals surface area contributed by atoms with Gasteiger partial charge in [-0.3, -0.25) is 4.79 Å². The van der Waals surface area contributed by atoms with Crippen LogP contribution in [-0.4, -0.2) is 54.2 Å². The molecule has 1 amide bonds. The fourth-order valence-corrected chi connectivity index (χ4v) is 5.32. The molecule has 0 saturated carbocycles. The van der Waals surface area contributed by atoms with E-state index in [0.717, 1.165) is 11.7 Å². The smallest absolute Gasteiger partial charge is 0.243 e. The zero-order valence-electron chi connectivity index (χ0n) is 15.4. The Morgan fingerprint density at radius 3 is 2.41 bits per heavy atom. The summed E-state index contributed by atoms with van der Waals surface area (Å²) in [5.41, 5.74) is 0.546. The van der Waals surface area contributed by atoms with Crippen molar-refractivity contribution in [2.75, 3.05) is 36.0 Å². The number of hydrogen-bond acceptors (Lipinski definition) is 8. The van der Waals surface area contributed by atoms with Crippen LogP contribution in [0.15, 0.2) is 33.5 Å². The maximum Gasteiger partial charge on any atom is 0.243 e. The maximum atomic E-state index is 12.5. The Kier molecular flexibility index (Phi) is 8.02. The van der Waals surface area contributed by atoms with Crippen molar-refractivity contribution in [1.82, 2.24) is 14.5 Å². The van der Waals surface area contributed by atoms with Crippen molar-refractivity contribution in [2.24, 2.45) is 0 Å². The Labute approximate surface area is 167 Å². The number of sulfonamides is 1. The lowest BCUT2D eigenvalue weighted by atomic mass is 10.3. The van der Waals surface area contributed by atoms with Crippen LogP contribution in [0.3, 0.4) is 0 Å². The Bertz CT molecular complexity index is 848. The molecule has 0 atom stereocenters. The van der Waals surface area contributed by atoms with Crippen LogP contribution in [0.5, 0.6) is 0 Å². The number of hydrogen-bond donors (Lipinski definition) is 2. The van der Waals surface area contributed by atoms with E-state index in [4.69, 9.17) is 0 Å². The predicted molar refractivity (Wildman–Crippen MR) is 110 cm³/mol. The van der Waals surface area contributed by atoms with Crippen LogP contribution in [0.1, 0.15) is 20.8 Å². The molecule has 0 aliphatic rings. The zero-order chi connectivity index (χ0) is 19.9. The molecule has 2 rings (SSSR count). The normalized spacial score (nSPS) is 11.6. The molecule has 0 bridgehead atoms. The molecule has 0 fully saturated rings. The van der Waals surface area contributed by atoms with Gasteiger partial charge in [-0.2, -0.15) is 4.31 Å². The lowest BCUT2D eigenvalue weighted by Crippen LogP contribution is -2.30. The van der Waals surface area contributed by atoms with Gasteiger partial charge in [0.15, 0.2) is 4.34 Å². The van der Waals surface area contributed by atoms with E-state index in [2.05, 4.69) is 20.8 Å². The van der Waals surface area contributed by atoms with Gasteiger partial charge in [-0.25, -0.2) is 8.42 Å². The average molecular weight is 430 g/mol. The summed E-state index contributed by atoms with van der Waals surface area (Å²) in [6, 6.07) is 6.19. The average Bonchev–Trinajstić information content (AvgIpc) is 3.09. The van der Waals surface area contributed by atoms with Crippen molar-refractivity contribution in [3.63, 3.8) is 0 Å². The summed E-state index contributed by atoms with van der Waals surface area (Å²) in [5.74, 6) is -0.000162. The Hall–Kier alpha value is -1.69. The van der Waals surface area contributed by atoms with Crippen LogP contribution in [0.4, 0.5) is 10.8 Å². The first-order valence-corrected chi connectivity index (χ1v) is 11.7. The number of aromatic nitrogens is 2. The van der Waals surface area contributed by atoms with Crippen LogP contribution in [0.2, 0.25) is 0 Å². The van der Waals surface area contributed by atoms with Crippen molar-refractivity contribution in [3.8, 4) is 0 Å². The van der Waals surface area contributed by atoms with Gasteiger partial charge in [0.1, 0.15) is 0 Å². The first-order valence-electron chi connectivity index (χ1n) is 8.50. The maximum absolute atomic E-state index is 12.5. The van der Waals surface area contributed by atoms with Gasteiger partial charge >= 0.3 is 0 Å². The van der Waals surface area contributed by atoms with E-state index in [1.54, 1.807) is 26.0 Å². The summed E-state index contributed by atoms with van der Waals surface area (Å²) in [7, 11) is -3.50. The third-order valence-corrected chi connectivity index (χ3v) is 7.62. The molecule has 2 N–H and O–H groups in total. The SMILES string of the molecule is CCNc1nnc(SCC(=O)Nc2ccc(S(=O)(=O)N(CC)CC)cc2)s1. The van der Waals surface area contributed by atoms with Crippen LogP contribution >= 0.6 is 23.1 Å². The van der Waals surface area contributed by atoms with E-state index in [1.807, 2.05) is 6.92 Å². The summed E-state index contributed by atoms with van der Waals surface area (Å²) >= 11 is 2.70. The molecule has 0 radical (unpaired) electrons. The molecule has 11 heteroatoms. The molecule has 1 aromatic heterocycles. The molecular weight excluding hydrogens is 406 g/mol. The van der Waals surface area contributed by atoms with Crippen LogP contribution in [0.25, 0.3) is 0 Å². The zero-order valence-corrected chi connectivity index (χ0v) is 17.9. The molecule has 0 aliphatic heterocycles. The molecule has 0 spiro atoms. The lowest BCUT2D eigenvalue weighted by molar-refractivity contribution is -0.113. The number of carbonyl (C=O) groups is 1. The highest BCUT2D eigenvalue weighted by atomic mass is 32.2. The molecule has 0 aliphatic carbocycles. The number of anilines is 2. The third-order valence-electron chi connectivity index (χ3n) is 3.54. The summed E-state index contributed by atoms with van der Waals surface area (Å²) in [5, 5.41) is 14.5. The van der Waals surface area contributed by atoms with E-state index >= 15 is 0 Å². The highest BCUT2D eigenvalue weighted by Crippen LogP contribution is 2.25. The first kappa shape index (κ1) is 21.6. The Balaban J connectivity index is 1.92. The number of benzene rings is 1. The highest BCUT2D eigenvalue weighted by molar-refractivity contribution is 8.01. The molecule has 27 heavy (non-hydrogen) atoms. The second-order valence-corrected chi connectivity index (χ2v) is 9.49. The summed E-state index contributed by atoms with van der Waals surface area (Å²) in [4.78, 5) is 12.3. The second kappa shape index (κ2) is 10.0. The highest BCUT2D eigenvalue weighted by Gasteiger charge is 2.21. The van der Waals surface area contributed by atoms with Crippen molar-refractivity contribution in [3.05, 3.63) is 24.3 Å². The number of thioether (sulfide) groups is 1. The van der Waals surface area contributed by atoms with Gasteiger partial charge < -0.3 is 10.6 Å². The van der Waals surface area contributed by atoms with Crippen LogP contribution in [0, 0.1) is 0 Å². The largest absolute Gasteiger partial charge is 0.360 e. The number of amides is 1. The van der Waals surface area contributed by atoms with E-state index < -0.39 is 10.0 Å². The van der Waals surface area contributed by atoms with Crippen molar-refractivity contribution >= 4 is 49.8 Å². The molecule has 1 aromatic carbocycles. The molecule has 8 nitrogen and oxygen atoms in total. The van der Waals surface area contributed by atoms with E-state index in [-0.39, 0.29) is 16.6 Å². The number of nitrogens with one attached hydrogen (secondary N) is 2. The molecular formula is C16H23N5O3S3. The summed E-state index contributed by atoms with van der Waals surface area (Å²) in [6.45, 7) is 7.16. The monoisotopic (exact) mass is 429 g/mol. The number of nitrogens with zero attached hydrogens (tertiary/aromatic N) is 3. The summed E-state index contributed by atoms with van der Waals surface area (Å²) < 4.78 is 27.0. The van der Waals surface area contributed by atoms with E-state index in [1.165, 1.54) is 39.5 Å². The molecule has 0 unspecified atom stereocenters. The Morgan fingerprint density at radius 1 is 1.15 bits per heavy atom. The lowest BCUT2D eigenvalue weighted by Gasteiger charge is -2.18. The van der Waals surface area contributed by atoms with E-state index in [0.29, 0.717) is 23.1 Å². The fourth-order valence-electron chi connectivity index (χ4n) is 2.24. The number of carbonyl (C=O) groups excluding carboxylic acids is 1. The van der Waals surface area contributed by atoms with Crippen molar-refractivity contribution in [2.45, 2.75) is 30.0 Å². The van der Waals surface area contributed by atoms with Crippen molar-refractivity contribution < 1.29 is 13.2 Å². The minimum absolute atomic E-state index is 0.195. The van der Waals surface area contributed by atoms with E-state index in [9.17, 15) is 13.2 Å². The van der Waals surface area contributed by atoms with Gasteiger partial charge in [0.25, 0.3) is 0 Å². The van der Waals surface area contributed by atoms with Gasteiger partial charge in [0, 0.05) is 25.3 Å². The second-order valence-electron chi connectivity index (χ2n) is 5.35. The minimum Gasteiger partial charge on any atom is -0.360 e. The molecule has 1 heterocycles. The van der Waals surface area contributed by atoms with Crippen LogP contribution < -0.4 is 10.6 Å². The first-order chi connectivity index (χ1) is 12.9.